The molecule has 2 unspecified atom stereocenters. The van der Waals surface area contributed by atoms with Crippen molar-refractivity contribution in [3.63, 3.8) is 0 Å². The molecule has 0 aromatic rings. The topological polar surface area (TPSA) is 61.4 Å². The van der Waals surface area contributed by atoms with Gasteiger partial charge in [0.1, 0.15) is 0 Å². The highest BCUT2D eigenvalue weighted by Crippen LogP contribution is 2.30. The molecule has 17 heavy (non-hydrogen) atoms. The van der Waals surface area contributed by atoms with Gasteiger partial charge in [-0.25, -0.2) is 0 Å². The molecule has 100 valence electrons. The van der Waals surface area contributed by atoms with Crippen molar-refractivity contribution in [2.24, 2.45) is 11.8 Å². The molecular formula is C12H23ClN2O2. The highest BCUT2D eigenvalue weighted by atomic mass is 35.5. The Kier molecular flexibility index (Phi) is 6.23. The van der Waals surface area contributed by atoms with Crippen molar-refractivity contribution in [3.05, 3.63) is 0 Å². The van der Waals surface area contributed by atoms with Gasteiger partial charge >= 0.3 is 0 Å². The van der Waals surface area contributed by atoms with E-state index in [1.807, 2.05) is 0 Å². The normalized spacial score (nSPS) is 28.3. The summed E-state index contributed by atoms with van der Waals surface area (Å²) in [6.07, 6.45) is 5.34. The third-order valence-corrected chi connectivity index (χ3v) is 3.87. The highest BCUT2D eigenvalue weighted by molar-refractivity contribution is 5.85. The van der Waals surface area contributed by atoms with Gasteiger partial charge in [-0.3, -0.25) is 4.79 Å². The van der Waals surface area contributed by atoms with Crippen molar-refractivity contribution >= 4 is 18.3 Å². The quantitative estimate of drug-likeness (QED) is 0.683. The molecular weight excluding hydrogens is 240 g/mol. The molecule has 0 aromatic carbocycles. The van der Waals surface area contributed by atoms with Crippen LogP contribution in [-0.2, 0) is 4.79 Å². The lowest BCUT2D eigenvalue weighted by Crippen LogP contribution is -2.34. The van der Waals surface area contributed by atoms with Gasteiger partial charge in [-0.2, -0.15) is 0 Å². The summed E-state index contributed by atoms with van der Waals surface area (Å²) in [7, 11) is 0. The van der Waals surface area contributed by atoms with E-state index in [0.29, 0.717) is 19.5 Å². The van der Waals surface area contributed by atoms with Crippen molar-refractivity contribution in [1.29, 1.82) is 0 Å². The molecule has 0 bridgehead atoms. The number of hydrogen-bond acceptors (Lipinski definition) is 3. The first-order valence-electron chi connectivity index (χ1n) is 6.41. The van der Waals surface area contributed by atoms with Gasteiger partial charge in [-0.05, 0) is 12.3 Å². The number of rotatable bonds is 5. The van der Waals surface area contributed by atoms with Gasteiger partial charge in [0, 0.05) is 32.0 Å². The maximum absolute atomic E-state index is 11.5. The Hall–Kier alpha value is -0.320. The highest BCUT2D eigenvalue weighted by Gasteiger charge is 2.25. The monoisotopic (exact) mass is 262 g/mol. The number of carbonyl (C=O) groups is 1. The fourth-order valence-electron chi connectivity index (χ4n) is 2.38. The fraction of sp³-hybridized carbons (Fsp3) is 0.917. The van der Waals surface area contributed by atoms with Crippen LogP contribution in [0, 0.1) is 11.8 Å². The number of aliphatic hydroxyl groups is 1. The van der Waals surface area contributed by atoms with Crippen molar-refractivity contribution in [2.45, 2.75) is 38.2 Å². The lowest BCUT2D eigenvalue weighted by molar-refractivity contribution is -0.121. The van der Waals surface area contributed by atoms with Crippen molar-refractivity contribution in [3.8, 4) is 0 Å². The molecule has 2 fully saturated rings. The van der Waals surface area contributed by atoms with Crippen molar-refractivity contribution < 1.29 is 9.90 Å². The van der Waals surface area contributed by atoms with Crippen LogP contribution in [0.4, 0.5) is 0 Å². The minimum absolute atomic E-state index is 0. The first-order chi connectivity index (χ1) is 7.75. The summed E-state index contributed by atoms with van der Waals surface area (Å²) < 4.78 is 0. The van der Waals surface area contributed by atoms with Crippen LogP contribution in [0.1, 0.15) is 32.1 Å². The predicted molar refractivity (Wildman–Crippen MR) is 69.2 cm³/mol. The third kappa shape index (κ3) is 4.45. The van der Waals surface area contributed by atoms with Gasteiger partial charge in [-0.1, -0.05) is 19.3 Å². The average Bonchev–Trinajstić information content (AvgIpc) is 2.59. The van der Waals surface area contributed by atoms with Crippen molar-refractivity contribution in [2.75, 3.05) is 19.6 Å². The minimum atomic E-state index is -0.299. The zero-order valence-corrected chi connectivity index (χ0v) is 11.0. The molecule has 1 heterocycles. The Labute approximate surface area is 109 Å². The second-order valence-corrected chi connectivity index (χ2v) is 5.13. The zero-order valence-electron chi connectivity index (χ0n) is 10.2. The molecule has 1 saturated carbocycles. The lowest BCUT2D eigenvalue weighted by Gasteiger charge is -2.24. The van der Waals surface area contributed by atoms with Gasteiger partial charge in [0.05, 0.1) is 6.10 Å². The molecule has 0 spiro atoms. The minimum Gasteiger partial charge on any atom is -0.391 e. The van der Waals surface area contributed by atoms with Crippen molar-refractivity contribution in [1.82, 2.24) is 10.6 Å². The van der Waals surface area contributed by atoms with E-state index in [1.165, 1.54) is 19.3 Å². The molecule has 4 nitrogen and oxygen atoms in total. The summed E-state index contributed by atoms with van der Waals surface area (Å²) >= 11 is 0. The summed E-state index contributed by atoms with van der Waals surface area (Å²) in [6, 6.07) is 0. The van der Waals surface area contributed by atoms with E-state index in [1.54, 1.807) is 0 Å². The Morgan fingerprint density at radius 1 is 1.35 bits per heavy atom. The molecule has 2 rings (SSSR count). The summed E-state index contributed by atoms with van der Waals surface area (Å²) in [5.74, 6) is 1.13. The van der Waals surface area contributed by atoms with E-state index < -0.39 is 0 Å². The largest absolute Gasteiger partial charge is 0.391 e. The molecule has 1 aliphatic heterocycles. The van der Waals surface area contributed by atoms with Gasteiger partial charge < -0.3 is 15.7 Å². The van der Waals surface area contributed by atoms with E-state index in [4.69, 9.17) is 0 Å². The fourth-order valence-corrected chi connectivity index (χ4v) is 2.38. The molecule has 2 aliphatic rings. The molecule has 1 aliphatic carbocycles. The van der Waals surface area contributed by atoms with Crippen LogP contribution in [0.15, 0.2) is 0 Å². The number of hydrogen-bond donors (Lipinski definition) is 3. The third-order valence-electron chi connectivity index (χ3n) is 3.87. The van der Waals surface area contributed by atoms with E-state index in [0.717, 1.165) is 18.9 Å². The number of nitrogens with one attached hydrogen (secondary N) is 2. The number of carbonyl (C=O) groups excluding carboxylic acids is 1. The van der Waals surface area contributed by atoms with Crippen LogP contribution in [-0.4, -0.2) is 36.8 Å². The second kappa shape index (κ2) is 7.19. The SMILES string of the molecule is Cl.O=C(CCC1CCC1)NCC1CNCC1O. The Morgan fingerprint density at radius 3 is 2.65 bits per heavy atom. The van der Waals surface area contributed by atoms with Gasteiger partial charge in [0.2, 0.25) is 5.91 Å². The molecule has 3 N–H and O–H groups in total. The number of aliphatic hydroxyl groups excluding tert-OH is 1. The molecule has 5 heteroatoms. The first kappa shape index (κ1) is 14.7. The van der Waals surface area contributed by atoms with E-state index in [2.05, 4.69) is 10.6 Å². The van der Waals surface area contributed by atoms with Crippen LogP contribution in [0.25, 0.3) is 0 Å². The first-order valence-corrected chi connectivity index (χ1v) is 6.41. The molecule has 1 saturated heterocycles. The maximum Gasteiger partial charge on any atom is 0.220 e. The summed E-state index contributed by atoms with van der Waals surface area (Å²) in [5.41, 5.74) is 0. The smallest absolute Gasteiger partial charge is 0.220 e. The van der Waals surface area contributed by atoms with Gasteiger partial charge in [-0.15, -0.1) is 12.4 Å². The number of halogens is 1. The summed E-state index contributed by atoms with van der Waals surface area (Å²) in [6.45, 7) is 2.07. The Balaban J connectivity index is 0.00000144. The summed E-state index contributed by atoms with van der Waals surface area (Å²) in [5, 5.41) is 15.6. The van der Waals surface area contributed by atoms with E-state index >= 15 is 0 Å². The molecule has 0 radical (unpaired) electrons. The van der Waals surface area contributed by atoms with Crippen LogP contribution >= 0.6 is 12.4 Å². The molecule has 2 atom stereocenters. The predicted octanol–water partition coefficient (Wildman–Crippen LogP) is 0.685. The number of β-amino-alcohol motifs (C(OH)–C–C–N with tert-alkyl or cyclic N) is 1. The van der Waals surface area contributed by atoms with E-state index in [-0.39, 0.29) is 30.3 Å². The van der Waals surface area contributed by atoms with Gasteiger partial charge in [0.25, 0.3) is 0 Å². The van der Waals surface area contributed by atoms with E-state index in [9.17, 15) is 9.90 Å². The maximum atomic E-state index is 11.5. The zero-order chi connectivity index (χ0) is 11.4. The Bertz CT molecular complexity index is 247. The lowest BCUT2D eigenvalue weighted by atomic mass is 9.82. The molecule has 0 aromatic heterocycles. The second-order valence-electron chi connectivity index (χ2n) is 5.13. The van der Waals surface area contributed by atoms with Crippen LogP contribution in [0.5, 0.6) is 0 Å². The van der Waals surface area contributed by atoms with Crippen LogP contribution in [0.3, 0.4) is 0 Å². The average molecular weight is 263 g/mol. The summed E-state index contributed by atoms with van der Waals surface area (Å²) in [4.78, 5) is 11.5. The van der Waals surface area contributed by atoms with Crippen LogP contribution in [0.2, 0.25) is 0 Å². The van der Waals surface area contributed by atoms with Crippen LogP contribution < -0.4 is 10.6 Å². The standard InChI is InChI=1S/C12H22N2O2.ClH/c15-11-8-13-6-10(11)7-14-12(16)5-4-9-2-1-3-9;/h9-11,13,15H,1-8H2,(H,14,16);1H. The van der Waals surface area contributed by atoms with Gasteiger partial charge in [0.15, 0.2) is 0 Å². The number of amides is 1. The Morgan fingerprint density at radius 2 is 2.12 bits per heavy atom. The molecule has 1 amide bonds.